The summed E-state index contributed by atoms with van der Waals surface area (Å²) in [6.45, 7) is 2.01. The fourth-order valence-corrected chi connectivity index (χ4v) is 4.48. The lowest BCUT2D eigenvalue weighted by Gasteiger charge is -2.24. The molecule has 0 fully saturated rings. The van der Waals surface area contributed by atoms with Crippen molar-refractivity contribution >= 4 is 21.6 Å². The van der Waals surface area contributed by atoms with Crippen LogP contribution in [0.1, 0.15) is 12.5 Å². The van der Waals surface area contributed by atoms with Crippen LogP contribution >= 0.6 is 0 Å². The van der Waals surface area contributed by atoms with Gasteiger partial charge in [0, 0.05) is 6.54 Å². The molecule has 7 nitrogen and oxygen atoms in total. The Balaban J connectivity index is 1.81. The minimum Gasteiger partial charge on any atom is -0.497 e. The lowest BCUT2D eigenvalue weighted by atomic mass is 10.2. The average Bonchev–Trinajstić information content (AvgIpc) is 2.83. The van der Waals surface area contributed by atoms with Gasteiger partial charge in [-0.25, -0.2) is 12.8 Å². The summed E-state index contributed by atoms with van der Waals surface area (Å²) in [6, 6.07) is 18.0. The Labute approximate surface area is 192 Å². The minimum atomic E-state index is -4.11. The Bertz CT molecular complexity index is 1160. The predicted molar refractivity (Wildman–Crippen MR) is 123 cm³/mol. The van der Waals surface area contributed by atoms with Crippen molar-refractivity contribution in [2.45, 2.75) is 18.4 Å². The van der Waals surface area contributed by atoms with Crippen molar-refractivity contribution in [3.05, 3.63) is 84.2 Å². The molecule has 0 aliphatic carbocycles. The number of amides is 1. The van der Waals surface area contributed by atoms with Crippen molar-refractivity contribution in [2.75, 3.05) is 24.6 Å². The van der Waals surface area contributed by atoms with Crippen LogP contribution in [0.2, 0.25) is 0 Å². The molecule has 3 rings (SSSR count). The lowest BCUT2D eigenvalue weighted by Crippen LogP contribution is -2.40. The van der Waals surface area contributed by atoms with E-state index in [1.807, 2.05) is 6.92 Å². The molecule has 1 N–H and O–H groups in total. The smallest absolute Gasteiger partial charge is 0.264 e. The number of nitrogens with zero attached hydrogens (tertiary/aromatic N) is 1. The summed E-state index contributed by atoms with van der Waals surface area (Å²) in [4.78, 5) is 12.7. The van der Waals surface area contributed by atoms with Gasteiger partial charge in [0.2, 0.25) is 5.91 Å². The van der Waals surface area contributed by atoms with Crippen molar-refractivity contribution < 1.29 is 27.1 Å². The maximum Gasteiger partial charge on any atom is 0.264 e. The van der Waals surface area contributed by atoms with E-state index in [2.05, 4.69) is 5.32 Å². The number of carbonyl (C=O) groups is 1. The maximum atomic E-state index is 13.4. The third-order valence-electron chi connectivity index (χ3n) is 4.77. The first kappa shape index (κ1) is 24.1. The van der Waals surface area contributed by atoms with E-state index in [0.717, 1.165) is 22.0 Å². The number of methoxy groups -OCH3 is 1. The molecule has 0 bridgehead atoms. The number of ether oxygens (including phenoxy) is 2. The van der Waals surface area contributed by atoms with Crippen LogP contribution in [-0.4, -0.2) is 34.6 Å². The molecule has 33 heavy (non-hydrogen) atoms. The number of nitrogens with one attached hydrogen (secondary N) is 1. The van der Waals surface area contributed by atoms with Crippen molar-refractivity contribution in [3.8, 4) is 11.5 Å². The van der Waals surface area contributed by atoms with Gasteiger partial charge in [0.05, 0.1) is 24.3 Å². The molecular formula is C24H25FN2O5S. The summed E-state index contributed by atoms with van der Waals surface area (Å²) in [5.41, 5.74) is 0.997. The molecule has 3 aromatic carbocycles. The van der Waals surface area contributed by atoms with Crippen LogP contribution in [0.3, 0.4) is 0 Å². The standard InChI is InChI=1S/C24H25FN2O5S/c1-3-32-22-12-14-23(15-13-22)33(29,30)27(20-8-6-19(25)7-9-20)17-24(28)26-16-18-4-10-21(31-2)11-5-18/h4-15H,3,16-17H2,1-2H3,(H,26,28). The Kier molecular flexibility index (Phi) is 7.89. The third kappa shape index (κ3) is 6.23. The molecule has 0 saturated heterocycles. The molecule has 0 aromatic heterocycles. The second-order valence-electron chi connectivity index (χ2n) is 7.02. The second kappa shape index (κ2) is 10.8. The summed E-state index contributed by atoms with van der Waals surface area (Å²) in [6.07, 6.45) is 0. The van der Waals surface area contributed by atoms with Crippen LogP contribution in [0.4, 0.5) is 10.1 Å². The van der Waals surface area contributed by atoms with Gasteiger partial charge in [-0.15, -0.1) is 0 Å². The van der Waals surface area contributed by atoms with E-state index in [4.69, 9.17) is 9.47 Å². The molecule has 0 unspecified atom stereocenters. The van der Waals surface area contributed by atoms with Gasteiger partial charge >= 0.3 is 0 Å². The van der Waals surface area contributed by atoms with Gasteiger partial charge in [0.1, 0.15) is 23.9 Å². The molecule has 0 atom stereocenters. The topological polar surface area (TPSA) is 84.9 Å². The number of anilines is 1. The van der Waals surface area contributed by atoms with Gasteiger partial charge in [0.15, 0.2) is 0 Å². The Hall–Kier alpha value is -3.59. The molecule has 0 heterocycles. The molecule has 0 saturated carbocycles. The van der Waals surface area contributed by atoms with Gasteiger partial charge in [-0.2, -0.15) is 0 Å². The zero-order valence-electron chi connectivity index (χ0n) is 18.3. The van der Waals surface area contributed by atoms with E-state index in [1.54, 1.807) is 43.5 Å². The molecule has 1 amide bonds. The maximum absolute atomic E-state index is 13.4. The molecule has 3 aromatic rings. The highest BCUT2D eigenvalue weighted by Gasteiger charge is 2.27. The largest absolute Gasteiger partial charge is 0.497 e. The highest BCUT2D eigenvalue weighted by molar-refractivity contribution is 7.92. The summed E-state index contributed by atoms with van der Waals surface area (Å²) >= 11 is 0. The quantitative estimate of drug-likeness (QED) is 0.486. The van der Waals surface area contributed by atoms with Crippen molar-refractivity contribution in [3.63, 3.8) is 0 Å². The first-order valence-electron chi connectivity index (χ1n) is 10.2. The first-order chi connectivity index (χ1) is 15.8. The lowest BCUT2D eigenvalue weighted by molar-refractivity contribution is -0.119. The van der Waals surface area contributed by atoms with Crippen LogP contribution in [0.5, 0.6) is 11.5 Å². The zero-order chi connectivity index (χ0) is 23.8. The fourth-order valence-electron chi connectivity index (χ4n) is 3.05. The number of hydrogen-bond acceptors (Lipinski definition) is 5. The minimum absolute atomic E-state index is 0.0155. The molecule has 0 aliphatic heterocycles. The second-order valence-corrected chi connectivity index (χ2v) is 8.88. The third-order valence-corrected chi connectivity index (χ3v) is 6.56. The van der Waals surface area contributed by atoms with Crippen LogP contribution < -0.4 is 19.1 Å². The highest BCUT2D eigenvalue weighted by atomic mass is 32.2. The molecule has 0 spiro atoms. The van der Waals surface area contributed by atoms with Gasteiger partial charge in [0.25, 0.3) is 10.0 Å². The Morgan fingerprint density at radius 1 is 0.939 bits per heavy atom. The zero-order valence-corrected chi connectivity index (χ0v) is 19.1. The van der Waals surface area contributed by atoms with Crippen molar-refractivity contribution in [1.82, 2.24) is 5.32 Å². The van der Waals surface area contributed by atoms with Crippen LogP contribution in [0.25, 0.3) is 0 Å². The molecule has 0 radical (unpaired) electrons. The van der Waals surface area contributed by atoms with Gasteiger partial charge < -0.3 is 14.8 Å². The van der Waals surface area contributed by atoms with E-state index in [-0.39, 0.29) is 17.1 Å². The van der Waals surface area contributed by atoms with E-state index in [9.17, 15) is 17.6 Å². The van der Waals surface area contributed by atoms with Gasteiger partial charge in [-0.1, -0.05) is 12.1 Å². The van der Waals surface area contributed by atoms with E-state index in [0.29, 0.717) is 18.1 Å². The molecular weight excluding hydrogens is 447 g/mol. The van der Waals surface area contributed by atoms with Gasteiger partial charge in [-0.3, -0.25) is 9.10 Å². The number of sulfonamides is 1. The predicted octanol–water partition coefficient (Wildman–Crippen LogP) is 3.74. The normalized spacial score (nSPS) is 11.0. The highest BCUT2D eigenvalue weighted by Crippen LogP contribution is 2.25. The van der Waals surface area contributed by atoms with Crippen LogP contribution in [-0.2, 0) is 21.4 Å². The van der Waals surface area contributed by atoms with Crippen LogP contribution in [0, 0.1) is 5.82 Å². The molecule has 174 valence electrons. The van der Waals surface area contributed by atoms with Crippen molar-refractivity contribution in [1.29, 1.82) is 0 Å². The Morgan fingerprint density at radius 3 is 2.12 bits per heavy atom. The summed E-state index contributed by atoms with van der Waals surface area (Å²) in [5.74, 6) is 0.196. The van der Waals surface area contributed by atoms with E-state index >= 15 is 0 Å². The number of halogens is 1. The molecule has 9 heteroatoms. The van der Waals surface area contributed by atoms with Gasteiger partial charge in [-0.05, 0) is 73.2 Å². The van der Waals surface area contributed by atoms with E-state index < -0.39 is 28.3 Å². The van der Waals surface area contributed by atoms with Crippen molar-refractivity contribution in [2.24, 2.45) is 0 Å². The fraction of sp³-hybridized carbons (Fsp3) is 0.208. The SMILES string of the molecule is CCOc1ccc(S(=O)(=O)N(CC(=O)NCc2ccc(OC)cc2)c2ccc(F)cc2)cc1. The summed E-state index contributed by atoms with van der Waals surface area (Å²) in [5, 5.41) is 2.72. The number of carbonyl (C=O) groups excluding carboxylic acids is 1. The number of rotatable bonds is 10. The van der Waals surface area contributed by atoms with E-state index in [1.165, 1.54) is 24.3 Å². The summed E-state index contributed by atoms with van der Waals surface area (Å²) < 4.78 is 51.6. The number of hydrogen-bond donors (Lipinski definition) is 1. The Morgan fingerprint density at radius 2 is 1.55 bits per heavy atom. The average molecular weight is 473 g/mol. The monoisotopic (exact) mass is 472 g/mol. The first-order valence-corrected chi connectivity index (χ1v) is 11.7. The molecule has 0 aliphatic rings. The number of benzene rings is 3. The summed E-state index contributed by atoms with van der Waals surface area (Å²) in [7, 11) is -2.55. The van der Waals surface area contributed by atoms with Crippen LogP contribution in [0.15, 0.2) is 77.7 Å².